The molecule has 1 aromatic carbocycles. The number of aliphatic imine (C=N–C) groups is 1. The van der Waals surface area contributed by atoms with Crippen LogP contribution in [-0.4, -0.2) is 81.8 Å². The van der Waals surface area contributed by atoms with E-state index in [1.165, 1.54) is 16.4 Å². The molecular formula is C21H35FN4O3S. The number of benzene rings is 1. The van der Waals surface area contributed by atoms with Crippen molar-refractivity contribution in [2.45, 2.75) is 39.2 Å². The van der Waals surface area contributed by atoms with E-state index in [1.54, 1.807) is 19.2 Å². The Morgan fingerprint density at radius 1 is 1.20 bits per heavy atom. The summed E-state index contributed by atoms with van der Waals surface area (Å²) >= 11 is 0. The molecule has 7 nitrogen and oxygen atoms in total. The summed E-state index contributed by atoms with van der Waals surface area (Å²) in [4.78, 5) is 6.43. The van der Waals surface area contributed by atoms with Crippen molar-refractivity contribution in [3.63, 3.8) is 0 Å². The molecular weight excluding hydrogens is 407 g/mol. The second-order valence-corrected chi connectivity index (χ2v) is 10.5. The highest BCUT2D eigenvalue weighted by Crippen LogP contribution is 2.22. The van der Waals surface area contributed by atoms with E-state index in [-0.39, 0.29) is 29.7 Å². The van der Waals surface area contributed by atoms with Crippen molar-refractivity contribution >= 4 is 16.0 Å². The van der Waals surface area contributed by atoms with E-state index in [9.17, 15) is 12.8 Å². The highest BCUT2D eigenvalue weighted by molar-refractivity contribution is 7.89. The highest BCUT2D eigenvalue weighted by Gasteiger charge is 2.29. The Morgan fingerprint density at radius 2 is 1.80 bits per heavy atom. The molecule has 0 atom stereocenters. The van der Waals surface area contributed by atoms with Crippen LogP contribution in [-0.2, 0) is 20.2 Å². The molecule has 1 aromatic rings. The summed E-state index contributed by atoms with van der Waals surface area (Å²) in [6.07, 6.45) is 0.0191. The van der Waals surface area contributed by atoms with Crippen molar-refractivity contribution in [2.75, 3.05) is 52.1 Å². The third kappa shape index (κ3) is 6.92. The Kier molecular flexibility index (Phi) is 8.63. The zero-order valence-electron chi connectivity index (χ0n) is 18.7. The predicted molar refractivity (Wildman–Crippen MR) is 119 cm³/mol. The van der Waals surface area contributed by atoms with Crippen LogP contribution >= 0.6 is 0 Å². The molecule has 0 bridgehead atoms. The fraction of sp³-hybridized carbons (Fsp3) is 0.667. The van der Waals surface area contributed by atoms with E-state index in [2.05, 4.69) is 29.1 Å². The van der Waals surface area contributed by atoms with Gasteiger partial charge < -0.3 is 15.0 Å². The predicted octanol–water partition coefficient (Wildman–Crippen LogP) is 2.05. The number of hydrogen-bond donors (Lipinski definition) is 1. The monoisotopic (exact) mass is 442 g/mol. The van der Waals surface area contributed by atoms with Crippen LogP contribution in [0.5, 0.6) is 0 Å². The maximum absolute atomic E-state index is 13.2. The minimum absolute atomic E-state index is 0.00398. The molecule has 0 radical (unpaired) electrons. The first-order valence-corrected chi connectivity index (χ1v) is 12.0. The first-order valence-electron chi connectivity index (χ1n) is 10.4. The van der Waals surface area contributed by atoms with Gasteiger partial charge in [0.05, 0.1) is 18.5 Å². The number of ether oxygens (including phenoxy) is 1. The zero-order chi connectivity index (χ0) is 22.4. The molecule has 0 spiro atoms. The van der Waals surface area contributed by atoms with Gasteiger partial charge in [-0.25, -0.2) is 12.8 Å². The van der Waals surface area contributed by atoms with Crippen molar-refractivity contribution in [2.24, 2.45) is 4.99 Å². The van der Waals surface area contributed by atoms with Crippen LogP contribution in [0, 0.1) is 5.82 Å². The van der Waals surface area contributed by atoms with Gasteiger partial charge in [0.2, 0.25) is 10.0 Å². The van der Waals surface area contributed by atoms with E-state index in [1.807, 2.05) is 13.8 Å². The summed E-state index contributed by atoms with van der Waals surface area (Å²) < 4.78 is 45.1. The summed E-state index contributed by atoms with van der Waals surface area (Å²) in [7, 11) is -1.60. The largest absolute Gasteiger partial charge is 0.378 e. The van der Waals surface area contributed by atoms with Crippen molar-refractivity contribution in [1.29, 1.82) is 0 Å². The number of halogens is 1. The van der Waals surface area contributed by atoms with Crippen LogP contribution in [0.1, 0.15) is 33.3 Å². The van der Waals surface area contributed by atoms with Crippen molar-refractivity contribution in [1.82, 2.24) is 14.5 Å². The zero-order valence-corrected chi connectivity index (χ0v) is 19.5. The van der Waals surface area contributed by atoms with Gasteiger partial charge in [-0.05, 0) is 31.5 Å². The average Bonchev–Trinajstić information content (AvgIpc) is 2.68. The molecule has 2 rings (SSSR count). The fourth-order valence-corrected chi connectivity index (χ4v) is 4.62. The lowest BCUT2D eigenvalue weighted by Crippen LogP contribution is -2.55. The van der Waals surface area contributed by atoms with Crippen LogP contribution in [0.4, 0.5) is 4.39 Å². The molecule has 1 N–H and O–H groups in total. The number of nitrogens with one attached hydrogen (secondary N) is 1. The number of piperazine rings is 1. The van der Waals surface area contributed by atoms with Gasteiger partial charge in [0.15, 0.2) is 5.96 Å². The molecule has 30 heavy (non-hydrogen) atoms. The number of sulfonamides is 1. The topological polar surface area (TPSA) is 74.2 Å². The van der Waals surface area contributed by atoms with Gasteiger partial charge in [-0.3, -0.25) is 4.99 Å². The molecule has 170 valence electrons. The number of guanidine groups is 1. The first-order chi connectivity index (χ1) is 14.0. The van der Waals surface area contributed by atoms with Gasteiger partial charge in [-0.1, -0.05) is 26.0 Å². The van der Waals surface area contributed by atoms with Crippen molar-refractivity contribution in [3.8, 4) is 0 Å². The summed E-state index contributed by atoms with van der Waals surface area (Å²) in [6.45, 7) is 10.8. The third-order valence-corrected chi connectivity index (χ3v) is 7.08. The van der Waals surface area contributed by atoms with Crippen LogP contribution in [0.2, 0.25) is 0 Å². The van der Waals surface area contributed by atoms with Crippen LogP contribution in [0.25, 0.3) is 0 Å². The standard InChI is InChI=1S/C21H35FN4O3S/c1-17(2)29-14-15-30(27,28)26-12-10-25(11-13-26)20(23-5)24-16-21(3,4)18-6-8-19(22)9-7-18/h6-9,17H,10-16H2,1-5H3,(H,23,24). The lowest BCUT2D eigenvalue weighted by atomic mass is 9.84. The molecule has 1 aliphatic heterocycles. The van der Waals surface area contributed by atoms with E-state index >= 15 is 0 Å². The Morgan fingerprint density at radius 3 is 2.33 bits per heavy atom. The Bertz CT molecular complexity index is 802. The number of rotatable bonds is 8. The van der Waals surface area contributed by atoms with E-state index in [0.717, 1.165) is 11.5 Å². The smallest absolute Gasteiger partial charge is 0.216 e. The van der Waals surface area contributed by atoms with Crippen LogP contribution < -0.4 is 5.32 Å². The van der Waals surface area contributed by atoms with Crippen molar-refractivity contribution < 1.29 is 17.5 Å². The van der Waals surface area contributed by atoms with Crippen molar-refractivity contribution in [3.05, 3.63) is 35.6 Å². The summed E-state index contributed by atoms with van der Waals surface area (Å²) in [5.74, 6) is 0.497. The SMILES string of the molecule is CN=C(NCC(C)(C)c1ccc(F)cc1)N1CCN(S(=O)(=O)CCOC(C)C)CC1. The number of hydrogen-bond acceptors (Lipinski definition) is 4. The van der Waals surface area contributed by atoms with Gasteiger partial charge >= 0.3 is 0 Å². The van der Waals surface area contributed by atoms with Gasteiger partial charge in [0.1, 0.15) is 5.82 Å². The normalized spacial score (nSPS) is 16.9. The van der Waals surface area contributed by atoms with Gasteiger partial charge in [0, 0.05) is 45.2 Å². The van der Waals surface area contributed by atoms with Gasteiger partial charge in [-0.2, -0.15) is 4.31 Å². The van der Waals surface area contributed by atoms with Gasteiger partial charge in [0.25, 0.3) is 0 Å². The molecule has 9 heteroatoms. The molecule has 0 aromatic heterocycles. The third-order valence-electron chi connectivity index (χ3n) is 5.25. The molecule has 0 saturated carbocycles. The van der Waals surface area contributed by atoms with Crippen LogP contribution in [0.3, 0.4) is 0 Å². The summed E-state index contributed by atoms with van der Waals surface area (Å²) in [5.41, 5.74) is 0.817. The Balaban J connectivity index is 1.88. The highest BCUT2D eigenvalue weighted by atomic mass is 32.2. The summed E-state index contributed by atoms with van der Waals surface area (Å²) in [6, 6.07) is 6.54. The number of nitrogens with zero attached hydrogens (tertiary/aromatic N) is 3. The first kappa shape index (κ1) is 24.6. The molecule has 0 aliphatic carbocycles. The Hall–Kier alpha value is -1.71. The van der Waals surface area contributed by atoms with Crippen LogP contribution in [0.15, 0.2) is 29.3 Å². The quantitative estimate of drug-likeness (QED) is 0.493. The lowest BCUT2D eigenvalue weighted by Gasteiger charge is -2.37. The summed E-state index contributed by atoms with van der Waals surface area (Å²) in [5, 5.41) is 3.39. The fourth-order valence-electron chi connectivity index (χ4n) is 3.33. The molecule has 0 unspecified atom stereocenters. The van der Waals surface area contributed by atoms with E-state index in [0.29, 0.717) is 32.7 Å². The van der Waals surface area contributed by atoms with E-state index in [4.69, 9.17) is 4.74 Å². The Labute approximate surface area is 180 Å². The molecule has 1 fully saturated rings. The molecule has 1 saturated heterocycles. The second-order valence-electron chi connectivity index (χ2n) is 8.41. The minimum Gasteiger partial charge on any atom is -0.378 e. The van der Waals surface area contributed by atoms with Gasteiger partial charge in [-0.15, -0.1) is 0 Å². The second kappa shape index (κ2) is 10.5. The minimum atomic E-state index is -3.32. The maximum atomic E-state index is 13.2. The molecule has 1 heterocycles. The lowest BCUT2D eigenvalue weighted by molar-refractivity contribution is 0.0904. The van der Waals surface area contributed by atoms with E-state index < -0.39 is 10.0 Å². The maximum Gasteiger partial charge on any atom is 0.216 e. The molecule has 0 amide bonds. The molecule has 1 aliphatic rings. The average molecular weight is 443 g/mol.